The van der Waals surface area contributed by atoms with Gasteiger partial charge in [-0.3, -0.25) is 9.36 Å². The Balaban J connectivity index is 1.70. The summed E-state index contributed by atoms with van der Waals surface area (Å²) in [4.78, 5) is 27.5. The summed E-state index contributed by atoms with van der Waals surface area (Å²) in [5.41, 5.74) is 2.74. The van der Waals surface area contributed by atoms with Gasteiger partial charge in [0.05, 0.1) is 17.9 Å². The van der Waals surface area contributed by atoms with Gasteiger partial charge in [0.1, 0.15) is 20.3 Å². The van der Waals surface area contributed by atoms with E-state index in [1.165, 1.54) is 12.4 Å². The Labute approximate surface area is 164 Å². The molecule has 140 valence electrons. The van der Waals surface area contributed by atoms with E-state index in [9.17, 15) is 4.79 Å². The van der Waals surface area contributed by atoms with Gasteiger partial charge in [0.2, 0.25) is 5.95 Å². The van der Waals surface area contributed by atoms with E-state index in [0.717, 1.165) is 18.5 Å². The van der Waals surface area contributed by atoms with Crippen LogP contribution in [0.4, 0.5) is 5.95 Å². The van der Waals surface area contributed by atoms with Crippen LogP contribution in [0, 0.1) is 0 Å². The normalized spacial score (nSPS) is 17.3. The molecule has 0 spiro atoms. The first-order valence-corrected chi connectivity index (χ1v) is 9.18. The molecule has 3 heterocycles. The quantitative estimate of drug-likeness (QED) is 0.638. The maximum absolute atomic E-state index is 12.6. The molecule has 2 radical (unpaired) electrons. The van der Waals surface area contributed by atoms with E-state index < -0.39 is 0 Å². The molecule has 8 heteroatoms. The summed E-state index contributed by atoms with van der Waals surface area (Å²) in [7, 11) is 7.67. The average molecular weight is 373 g/mol. The first-order valence-electron chi connectivity index (χ1n) is 9.18. The van der Waals surface area contributed by atoms with Crippen LogP contribution in [0.25, 0.3) is 11.4 Å². The Bertz CT molecular complexity index is 1020. The lowest BCUT2D eigenvalue weighted by molar-refractivity contribution is 0.0686. The lowest BCUT2D eigenvalue weighted by atomic mass is 9.93. The van der Waals surface area contributed by atoms with Crippen LogP contribution in [0.1, 0.15) is 18.1 Å². The molecule has 4 rings (SSSR count). The fraction of sp³-hybridized carbons (Fsp3) is 0.300. The molecule has 7 nitrogen and oxygen atoms in total. The van der Waals surface area contributed by atoms with Crippen LogP contribution in [-0.2, 0) is 11.8 Å². The maximum Gasteiger partial charge on any atom is 0.255 e. The highest BCUT2D eigenvalue weighted by Crippen LogP contribution is 2.25. The van der Waals surface area contributed by atoms with Gasteiger partial charge < -0.3 is 9.64 Å². The fourth-order valence-electron chi connectivity index (χ4n) is 3.35. The molecule has 0 aliphatic carbocycles. The molecular weight excluding hydrogens is 353 g/mol. The summed E-state index contributed by atoms with van der Waals surface area (Å²) in [6, 6.07) is 11.0. The summed E-state index contributed by atoms with van der Waals surface area (Å²) >= 11 is 0. The molecule has 1 aliphatic rings. The SMILES string of the molecule is [B]c1cccc([C@H]2CN(c3nc(-c4ccncn4)cc(=O)n3C)CCCO2)c1. The van der Waals surface area contributed by atoms with E-state index >= 15 is 0 Å². The topological polar surface area (TPSA) is 73.1 Å². The second-order valence-electron chi connectivity index (χ2n) is 6.76. The van der Waals surface area contributed by atoms with Crippen molar-refractivity contribution < 1.29 is 4.74 Å². The molecule has 1 saturated heterocycles. The zero-order valence-electron chi connectivity index (χ0n) is 15.7. The Kier molecular flexibility index (Phi) is 5.21. The number of rotatable bonds is 3. The van der Waals surface area contributed by atoms with E-state index in [4.69, 9.17) is 17.6 Å². The van der Waals surface area contributed by atoms with Crippen molar-refractivity contribution in [2.24, 2.45) is 7.05 Å². The zero-order chi connectivity index (χ0) is 19.5. The number of nitrogens with zero attached hydrogens (tertiary/aromatic N) is 5. The first-order chi connectivity index (χ1) is 13.6. The van der Waals surface area contributed by atoms with E-state index in [2.05, 4.69) is 14.9 Å². The van der Waals surface area contributed by atoms with Gasteiger partial charge in [0.25, 0.3) is 5.56 Å². The largest absolute Gasteiger partial charge is 0.372 e. The first kappa shape index (κ1) is 18.4. The number of benzene rings is 1. The number of ether oxygens (including phenoxy) is 1. The second kappa shape index (κ2) is 7.94. The minimum Gasteiger partial charge on any atom is -0.372 e. The predicted octanol–water partition coefficient (Wildman–Crippen LogP) is 0.999. The van der Waals surface area contributed by atoms with Crippen molar-refractivity contribution in [2.45, 2.75) is 12.5 Å². The molecule has 3 aromatic rings. The predicted molar refractivity (Wildman–Crippen MR) is 108 cm³/mol. The molecule has 0 saturated carbocycles. The van der Waals surface area contributed by atoms with Gasteiger partial charge in [-0.25, -0.2) is 15.0 Å². The van der Waals surface area contributed by atoms with Crippen LogP contribution in [-0.4, -0.2) is 47.1 Å². The fourth-order valence-corrected chi connectivity index (χ4v) is 3.35. The number of anilines is 1. The standard InChI is InChI=1S/C20H20BN5O2/c1-25-19(27)11-17(16-6-7-22-13-23-16)24-20(25)26-8-3-9-28-18(12-26)14-4-2-5-15(21)10-14/h2,4-7,10-11,13,18H,3,8-9,12H2,1H3/t18-/m1/s1. The van der Waals surface area contributed by atoms with Crippen molar-refractivity contribution in [3.63, 3.8) is 0 Å². The van der Waals surface area contributed by atoms with Crippen LogP contribution in [0.15, 0.2) is 53.7 Å². The van der Waals surface area contributed by atoms with Crippen molar-refractivity contribution in [1.29, 1.82) is 0 Å². The molecule has 0 bridgehead atoms. The molecule has 1 aliphatic heterocycles. The van der Waals surface area contributed by atoms with Gasteiger partial charge >= 0.3 is 0 Å². The van der Waals surface area contributed by atoms with Crippen LogP contribution in [0.2, 0.25) is 0 Å². The van der Waals surface area contributed by atoms with Gasteiger partial charge in [-0.05, 0) is 18.1 Å². The lowest BCUT2D eigenvalue weighted by Crippen LogP contribution is -2.34. The summed E-state index contributed by atoms with van der Waals surface area (Å²) in [6.07, 6.45) is 3.78. The van der Waals surface area contributed by atoms with Gasteiger partial charge in [0, 0.05) is 32.5 Å². The third-order valence-corrected chi connectivity index (χ3v) is 4.80. The molecule has 1 aromatic carbocycles. The molecule has 1 fully saturated rings. The van der Waals surface area contributed by atoms with Crippen molar-refractivity contribution in [2.75, 3.05) is 24.6 Å². The Morgan fingerprint density at radius 3 is 2.89 bits per heavy atom. The van der Waals surface area contributed by atoms with Gasteiger partial charge in [0.15, 0.2) is 0 Å². The number of hydrogen-bond acceptors (Lipinski definition) is 6. The molecule has 1 atom stereocenters. The average Bonchev–Trinajstić information content (AvgIpc) is 2.97. The van der Waals surface area contributed by atoms with E-state index in [1.54, 1.807) is 23.9 Å². The van der Waals surface area contributed by atoms with Crippen molar-refractivity contribution in [3.05, 3.63) is 64.8 Å². The third-order valence-electron chi connectivity index (χ3n) is 4.80. The molecule has 0 unspecified atom stereocenters. The van der Waals surface area contributed by atoms with Gasteiger partial charge in [-0.15, -0.1) is 0 Å². The molecule has 2 aromatic heterocycles. The summed E-state index contributed by atoms with van der Waals surface area (Å²) in [5.74, 6) is 0.598. The lowest BCUT2D eigenvalue weighted by Gasteiger charge is -2.27. The zero-order valence-corrected chi connectivity index (χ0v) is 15.7. The molecule has 28 heavy (non-hydrogen) atoms. The number of aromatic nitrogens is 4. The van der Waals surface area contributed by atoms with Gasteiger partial charge in [-0.2, -0.15) is 0 Å². The molecule has 0 amide bonds. The highest BCUT2D eigenvalue weighted by molar-refractivity contribution is 6.32. The van der Waals surface area contributed by atoms with E-state index in [0.29, 0.717) is 36.0 Å². The Morgan fingerprint density at radius 2 is 2.11 bits per heavy atom. The molecule has 0 N–H and O–H groups in total. The third kappa shape index (κ3) is 3.82. The van der Waals surface area contributed by atoms with E-state index in [1.807, 2.05) is 24.3 Å². The van der Waals surface area contributed by atoms with Crippen LogP contribution in [0.5, 0.6) is 0 Å². The van der Waals surface area contributed by atoms with Crippen molar-refractivity contribution >= 4 is 19.3 Å². The minimum atomic E-state index is -0.148. The Hall–Kier alpha value is -3.00. The van der Waals surface area contributed by atoms with Crippen LogP contribution < -0.4 is 15.9 Å². The minimum absolute atomic E-state index is 0.135. The van der Waals surface area contributed by atoms with E-state index in [-0.39, 0.29) is 11.7 Å². The van der Waals surface area contributed by atoms with Crippen molar-refractivity contribution in [3.8, 4) is 11.4 Å². The highest BCUT2D eigenvalue weighted by Gasteiger charge is 2.24. The molecular formula is C20H20BN5O2. The Morgan fingerprint density at radius 1 is 1.21 bits per heavy atom. The second-order valence-corrected chi connectivity index (χ2v) is 6.76. The highest BCUT2D eigenvalue weighted by atomic mass is 16.5. The monoisotopic (exact) mass is 373 g/mol. The van der Waals surface area contributed by atoms with Crippen LogP contribution >= 0.6 is 0 Å². The maximum atomic E-state index is 12.6. The summed E-state index contributed by atoms with van der Waals surface area (Å²) in [5, 5.41) is 0. The smallest absolute Gasteiger partial charge is 0.255 e. The van der Waals surface area contributed by atoms with Crippen LogP contribution in [0.3, 0.4) is 0 Å². The summed E-state index contributed by atoms with van der Waals surface area (Å²) in [6.45, 7) is 1.96. The van der Waals surface area contributed by atoms with Gasteiger partial charge in [-0.1, -0.05) is 29.7 Å². The number of hydrogen-bond donors (Lipinski definition) is 0. The summed E-state index contributed by atoms with van der Waals surface area (Å²) < 4.78 is 7.61. The van der Waals surface area contributed by atoms with Crippen molar-refractivity contribution in [1.82, 2.24) is 19.5 Å².